The number of hydrogen-bond acceptors (Lipinski definition) is 4. The predicted molar refractivity (Wildman–Crippen MR) is 84.7 cm³/mol. The summed E-state index contributed by atoms with van der Waals surface area (Å²) in [5.41, 5.74) is 0.204. The summed E-state index contributed by atoms with van der Waals surface area (Å²) in [6.07, 6.45) is 1.60. The van der Waals surface area contributed by atoms with Gasteiger partial charge in [0.15, 0.2) is 0 Å². The minimum absolute atomic E-state index is 0.181. The highest BCUT2D eigenvalue weighted by Crippen LogP contribution is 2.19. The number of nitrogens with zero attached hydrogens (tertiary/aromatic N) is 1. The van der Waals surface area contributed by atoms with E-state index < -0.39 is 5.97 Å². The number of anilines is 1. The normalized spacial score (nSPS) is 10.1. The van der Waals surface area contributed by atoms with Crippen molar-refractivity contribution < 1.29 is 14.7 Å². The summed E-state index contributed by atoms with van der Waals surface area (Å²) in [6.45, 7) is 0. The van der Waals surface area contributed by atoms with Crippen molar-refractivity contribution >= 4 is 45.4 Å². The minimum Gasteiger partial charge on any atom is -0.478 e. The topological polar surface area (TPSA) is 79.3 Å². The van der Waals surface area contributed by atoms with E-state index >= 15 is 0 Å². The lowest BCUT2D eigenvalue weighted by molar-refractivity contribution is -0.113. The fraction of sp³-hybridized carbons (Fsp3) is 0.0714. The van der Waals surface area contributed by atoms with Crippen LogP contribution < -0.4 is 5.32 Å². The van der Waals surface area contributed by atoms with E-state index in [0.29, 0.717) is 5.82 Å². The molecule has 0 aliphatic rings. The van der Waals surface area contributed by atoms with Gasteiger partial charge in [0, 0.05) is 15.6 Å². The first kappa shape index (κ1) is 15.5. The monoisotopic (exact) mass is 366 g/mol. The highest BCUT2D eigenvalue weighted by molar-refractivity contribution is 9.10. The summed E-state index contributed by atoms with van der Waals surface area (Å²) >= 11 is 4.53. The Morgan fingerprint density at radius 3 is 2.76 bits per heavy atom. The van der Waals surface area contributed by atoms with Crippen LogP contribution in [0.1, 0.15) is 10.4 Å². The van der Waals surface area contributed by atoms with Crippen LogP contribution in [0.2, 0.25) is 0 Å². The second kappa shape index (κ2) is 7.24. The molecule has 0 unspecified atom stereocenters. The molecule has 5 nitrogen and oxygen atoms in total. The molecule has 1 heterocycles. The molecular formula is C14H11BrN2O3S. The molecule has 0 saturated carbocycles. The van der Waals surface area contributed by atoms with Crippen molar-refractivity contribution in [3.8, 4) is 0 Å². The van der Waals surface area contributed by atoms with Crippen molar-refractivity contribution in [2.75, 3.05) is 11.1 Å². The van der Waals surface area contributed by atoms with Gasteiger partial charge in [-0.3, -0.25) is 4.79 Å². The number of carbonyl (C=O) groups excluding carboxylic acids is 1. The number of pyridine rings is 1. The van der Waals surface area contributed by atoms with Gasteiger partial charge in [0.05, 0.1) is 11.3 Å². The third kappa shape index (κ3) is 4.87. The number of amides is 1. The number of rotatable bonds is 5. The van der Waals surface area contributed by atoms with Crippen LogP contribution in [0.15, 0.2) is 52.0 Å². The molecule has 1 aromatic heterocycles. The lowest BCUT2D eigenvalue weighted by Gasteiger charge is -2.05. The fourth-order valence-corrected chi connectivity index (χ4v) is 2.49. The van der Waals surface area contributed by atoms with Crippen molar-refractivity contribution in [1.29, 1.82) is 0 Å². The molecule has 1 amide bonds. The molecule has 2 aromatic rings. The van der Waals surface area contributed by atoms with Gasteiger partial charge in [-0.1, -0.05) is 6.07 Å². The Kier molecular flexibility index (Phi) is 5.35. The Hall–Kier alpha value is -1.86. The van der Waals surface area contributed by atoms with Gasteiger partial charge in [0.1, 0.15) is 5.82 Å². The molecule has 0 aliphatic heterocycles. The molecule has 1 aromatic carbocycles. The Labute approximate surface area is 133 Å². The zero-order valence-corrected chi connectivity index (χ0v) is 13.1. The highest BCUT2D eigenvalue weighted by Gasteiger charge is 2.07. The summed E-state index contributed by atoms with van der Waals surface area (Å²) < 4.78 is 0.834. The number of carboxylic acids is 1. The van der Waals surface area contributed by atoms with Crippen LogP contribution in [-0.2, 0) is 4.79 Å². The molecule has 0 radical (unpaired) electrons. The molecule has 21 heavy (non-hydrogen) atoms. The zero-order chi connectivity index (χ0) is 15.2. The van der Waals surface area contributed by atoms with E-state index in [1.807, 2.05) is 0 Å². The average molecular weight is 367 g/mol. The number of carbonyl (C=O) groups is 2. The predicted octanol–water partition coefficient (Wildman–Crippen LogP) is 3.27. The molecule has 0 bridgehead atoms. The lowest BCUT2D eigenvalue weighted by atomic mass is 10.2. The summed E-state index contributed by atoms with van der Waals surface area (Å²) in [6, 6.07) is 9.95. The van der Waals surface area contributed by atoms with Gasteiger partial charge in [0.2, 0.25) is 5.91 Å². The Morgan fingerprint density at radius 2 is 2.10 bits per heavy atom. The zero-order valence-electron chi connectivity index (χ0n) is 10.7. The van der Waals surface area contributed by atoms with E-state index in [0.717, 1.165) is 9.37 Å². The molecule has 2 N–H and O–H groups in total. The first-order valence-electron chi connectivity index (χ1n) is 5.92. The van der Waals surface area contributed by atoms with E-state index in [2.05, 4.69) is 26.2 Å². The summed E-state index contributed by atoms with van der Waals surface area (Å²) in [4.78, 5) is 27.4. The van der Waals surface area contributed by atoms with Crippen LogP contribution in [0, 0.1) is 0 Å². The van der Waals surface area contributed by atoms with Crippen LogP contribution in [0.3, 0.4) is 0 Å². The van der Waals surface area contributed by atoms with Crippen molar-refractivity contribution in [3.05, 3.63) is 52.6 Å². The average Bonchev–Trinajstić information content (AvgIpc) is 2.48. The second-order valence-corrected chi connectivity index (χ2v) is 6.00. The Balaban J connectivity index is 1.90. The van der Waals surface area contributed by atoms with Crippen molar-refractivity contribution in [2.24, 2.45) is 0 Å². The van der Waals surface area contributed by atoms with Gasteiger partial charge < -0.3 is 10.4 Å². The number of thioether (sulfide) groups is 1. The SMILES string of the molecule is O=C(CSc1cccc(C(=O)O)c1)Nc1ccc(Br)cn1. The van der Waals surface area contributed by atoms with Gasteiger partial charge in [0.25, 0.3) is 0 Å². The van der Waals surface area contributed by atoms with Crippen LogP contribution in [0.5, 0.6) is 0 Å². The maximum Gasteiger partial charge on any atom is 0.335 e. The molecule has 0 spiro atoms. The minimum atomic E-state index is -0.985. The molecule has 0 saturated heterocycles. The van der Waals surface area contributed by atoms with Crippen molar-refractivity contribution in [3.63, 3.8) is 0 Å². The molecule has 0 fully saturated rings. The van der Waals surface area contributed by atoms with E-state index in [1.54, 1.807) is 30.5 Å². The number of halogens is 1. The van der Waals surface area contributed by atoms with E-state index in [4.69, 9.17) is 5.11 Å². The number of nitrogens with one attached hydrogen (secondary N) is 1. The van der Waals surface area contributed by atoms with E-state index in [9.17, 15) is 9.59 Å². The molecular weight excluding hydrogens is 356 g/mol. The maximum absolute atomic E-state index is 11.8. The van der Waals surface area contributed by atoms with Gasteiger partial charge >= 0.3 is 5.97 Å². The van der Waals surface area contributed by atoms with Crippen molar-refractivity contribution in [1.82, 2.24) is 4.98 Å². The summed E-state index contributed by atoms with van der Waals surface area (Å²) in [5, 5.41) is 11.6. The number of hydrogen-bond donors (Lipinski definition) is 2. The molecule has 0 atom stereocenters. The first-order chi connectivity index (χ1) is 10.0. The van der Waals surface area contributed by atoms with Gasteiger partial charge in [-0.25, -0.2) is 9.78 Å². The fourth-order valence-electron chi connectivity index (χ4n) is 1.50. The smallest absolute Gasteiger partial charge is 0.335 e. The summed E-state index contributed by atoms with van der Waals surface area (Å²) in [7, 11) is 0. The summed E-state index contributed by atoms with van der Waals surface area (Å²) in [5.74, 6) is -0.527. The number of aromatic nitrogens is 1. The molecule has 0 aliphatic carbocycles. The van der Waals surface area contributed by atoms with E-state index in [1.165, 1.54) is 23.9 Å². The third-order valence-corrected chi connectivity index (χ3v) is 3.91. The number of carboxylic acid groups (broad SMARTS) is 1. The largest absolute Gasteiger partial charge is 0.478 e. The molecule has 2 rings (SSSR count). The lowest BCUT2D eigenvalue weighted by Crippen LogP contribution is -2.14. The van der Waals surface area contributed by atoms with Crippen LogP contribution in [-0.4, -0.2) is 27.7 Å². The third-order valence-electron chi connectivity index (χ3n) is 2.45. The Morgan fingerprint density at radius 1 is 1.29 bits per heavy atom. The van der Waals surface area contributed by atoms with E-state index in [-0.39, 0.29) is 17.2 Å². The van der Waals surface area contributed by atoms with Crippen LogP contribution in [0.4, 0.5) is 5.82 Å². The quantitative estimate of drug-likeness (QED) is 0.793. The highest BCUT2D eigenvalue weighted by atomic mass is 79.9. The van der Waals surface area contributed by atoms with Crippen molar-refractivity contribution in [2.45, 2.75) is 4.90 Å². The van der Waals surface area contributed by atoms with Crippen LogP contribution >= 0.6 is 27.7 Å². The number of benzene rings is 1. The standard InChI is InChI=1S/C14H11BrN2O3S/c15-10-4-5-12(16-7-10)17-13(18)8-21-11-3-1-2-9(6-11)14(19)20/h1-7H,8H2,(H,19,20)(H,16,17,18). The first-order valence-corrected chi connectivity index (χ1v) is 7.70. The Bertz CT molecular complexity index is 662. The van der Waals surface area contributed by atoms with Gasteiger partial charge in [-0.2, -0.15) is 0 Å². The molecule has 108 valence electrons. The maximum atomic E-state index is 11.8. The second-order valence-electron chi connectivity index (χ2n) is 4.03. The van der Waals surface area contributed by atoms with Gasteiger partial charge in [-0.15, -0.1) is 11.8 Å². The van der Waals surface area contributed by atoms with Crippen LogP contribution in [0.25, 0.3) is 0 Å². The number of aromatic carboxylic acids is 1. The molecule has 7 heteroatoms. The van der Waals surface area contributed by atoms with Gasteiger partial charge in [-0.05, 0) is 46.3 Å².